The van der Waals surface area contributed by atoms with E-state index in [0.29, 0.717) is 22.8 Å². The van der Waals surface area contributed by atoms with E-state index >= 15 is 0 Å². The van der Waals surface area contributed by atoms with Gasteiger partial charge in [0, 0.05) is 5.69 Å². The van der Waals surface area contributed by atoms with Crippen LogP contribution in [0.1, 0.15) is 33.0 Å². The molecule has 0 bridgehead atoms. The van der Waals surface area contributed by atoms with E-state index in [1.807, 2.05) is 6.07 Å². The molecule has 0 fully saturated rings. The molecule has 2 rings (SSSR count). The average molecular weight is 256 g/mol. The third-order valence-electron chi connectivity index (χ3n) is 2.84. The topological polar surface area (TPSA) is 91.8 Å². The van der Waals surface area contributed by atoms with Crippen LogP contribution in [0.25, 0.3) is 5.82 Å². The van der Waals surface area contributed by atoms with Crippen LogP contribution in [0.4, 0.5) is 0 Å². The van der Waals surface area contributed by atoms with Crippen LogP contribution in [-0.4, -0.2) is 25.8 Å². The lowest BCUT2D eigenvalue weighted by molar-refractivity contribution is 0.0695. The molecule has 0 spiro atoms. The number of nitrogens with zero attached hydrogens (tertiary/aromatic N) is 4. The number of carboxylic acids is 1. The molecule has 0 radical (unpaired) electrons. The highest BCUT2D eigenvalue weighted by molar-refractivity contribution is 5.90. The lowest BCUT2D eigenvalue weighted by atomic mass is 10.2. The number of rotatable bonds is 2. The van der Waals surface area contributed by atoms with Gasteiger partial charge < -0.3 is 5.11 Å². The van der Waals surface area contributed by atoms with Gasteiger partial charge in [0.05, 0.1) is 17.0 Å². The molecule has 96 valence electrons. The first kappa shape index (κ1) is 12.8. The van der Waals surface area contributed by atoms with Crippen molar-refractivity contribution in [2.45, 2.75) is 20.8 Å². The number of nitriles is 1. The summed E-state index contributed by atoms with van der Waals surface area (Å²) in [6.07, 6.45) is 0. The maximum Gasteiger partial charge on any atom is 0.339 e. The van der Waals surface area contributed by atoms with Crippen molar-refractivity contribution < 1.29 is 9.90 Å². The van der Waals surface area contributed by atoms with Crippen molar-refractivity contribution >= 4 is 5.97 Å². The predicted octanol–water partition coefficient (Wildman–Crippen LogP) is 1.76. The number of aryl methyl sites for hydroxylation is 2. The van der Waals surface area contributed by atoms with E-state index in [1.165, 1.54) is 4.68 Å². The molecular weight excluding hydrogens is 244 g/mol. The normalized spacial score (nSPS) is 10.2. The van der Waals surface area contributed by atoms with Gasteiger partial charge in [-0.25, -0.2) is 14.5 Å². The van der Waals surface area contributed by atoms with Crippen LogP contribution >= 0.6 is 0 Å². The lowest BCUT2D eigenvalue weighted by Crippen LogP contribution is -2.07. The molecule has 0 aliphatic carbocycles. The van der Waals surface area contributed by atoms with E-state index in [2.05, 4.69) is 10.1 Å². The van der Waals surface area contributed by atoms with Crippen LogP contribution in [0.5, 0.6) is 0 Å². The summed E-state index contributed by atoms with van der Waals surface area (Å²) < 4.78 is 1.41. The Morgan fingerprint density at radius 1 is 1.37 bits per heavy atom. The number of aromatic nitrogens is 3. The second kappa shape index (κ2) is 4.53. The predicted molar refractivity (Wildman–Crippen MR) is 67.2 cm³/mol. The molecular formula is C13H12N4O2. The molecule has 19 heavy (non-hydrogen) atoms. The van der Waals surface area contributed by atoms with Gasteiger partial charge in [-0.05, 0) is 32.9 Å². The Kier molecular flexibility index (Phi) is 3.05. The van der Waals surface area contributed by atoms with Gasteiger partial charge in [-0.1, -0.05) is 0 Å². The zero-order chi connectivity index (χ0) is 14.2. The summed E-state index contributed by atoms with van der Waals surface area (Å²) in [6.45, 7) is 5.07. The Balaban J connectivity index is 2.74. The maximum atomic E-state index is 11.2. The largest absolute Gasteiger partial charge is 0.478 e. The van der Waals surface area contributed by atoms with Crippen molar-refractivity contribution in [2.75, 3.05) is 0 Å². The van der Waals surface area contributed by atoms with E-state index in [-0.39, 0.29) is 5.56 Å². The van der Waals surface area contributed by atoms with E-state index in [9.17, 15) is 4.79 Å². The van der Waals surface area contributed by atoms with Crippen LogP contribution in [0.3, 0.4) is 0 Å². The summed E-state index contributed by atoms with van der Waals surface area (Å²) in [5.41, 5.74) is 2.09. The highest BCUT2D eigenvalue weighted by Crippen LogP contribution is 2.19. The highest BCUT2D eigenvalue weighted by atomic mass is 16.4. The minimum atomic E-state index is -1.03. The second-order valence-corrected chi connectivity index (χ2v) is 4.20. The van der Waals surface area contributed by atoms with Gasteiger partial charge in [0.25, 0.3) is 0 Å². The molecule has 6 heteroatoms. The molecule has 2 heterocycles. The minimum absolute atomic E-state index is 0.146. The van der Waals surface area contributed by atoms with Crippen LogP contribution in [0, 0.1) is 32.1 Å². The van der Waals surface area contributed by atoms with Gasteiger partial charge in [0.2, 0.25) is 0 Å². The third kappa shape index (κ3) is 2.06. The Morgan fingerprint density at radius 3 is 2.58 bits per heavy atom. The SMILES string of the molecule is Cc1ccc(C#N)c(-n2nc(C)c(C(=O)O)c2C)n1. The first-order valence-corrected chi connectivity index (χ1v) is 5.63. The van der Waals surface area contributed by atoms with Crippen molar-refractivity contribution in [3.8, 4) is 11.9 Å². The van der Waals surface area contributed by atoms with Crippen molar-refractivity contribution in [3.05, 3.63) is 40.3 Å². The van der Waals surface area contributed by atoms with E-state index in [4.69, 9.17) is 10.4 Å². The molecule has 0 aromatic carbocycles. The molecule has 0 saturated carbocycles. The molecule has 0 aliphatic heterocycles. The average Bonchev–Trinajstić information content (AvgIpc) is 2.64. The Labute approximate surface area is 109 Å². The van der Waals surface area contributed by atoms with Crippen molar-refractivity contribution in [3.63, 3.8) is 0 Å². The number of hydrogen-bond donors (Lipinski definition) is 1. The smallest absolute Gasteiger partial charge is 0.339 e. The Bertz CT molecular complexity index is 710. The molecule has 0 unspecified atom stereocenters. The first-order chi connectivity index (χ1) is 8.95. The molecule has 0 saturated heterocycles. The van der Waals surface area contributed by atoms with Gasteiger partial charge in [0.1, 0.15) is 11.6 Å². The van der Waals surface area contributed by atoms with Gasteiger partial charge in [0.15, 0.2) is 5.82 Å². The highest BCUT2D eigenvalue weighted by Gasteiger charge is 2.20. The van der Waals surface area contributed by atoms with Crippen LogP contribution in [-0.2, 0) is 0 Å². The first-order valence-electron chi connectivity index (χ1n) is 5.63. The van der Waals surface area contributed by atoms with Gasteiger partial charge in [-0.3, -0.25) is 0 Å². The zero-order valence-electron chi connectivity index (χ0n) is 10.8. The zero-order valence-corrected chi connectivity index (χ0v) is 10.8. The van der Waals surface area contributed by atoms with E-state index < -0.39 is 5.97 Å². The fourth-order valence-electron chi connectivity index (χ4n) is 1.95. The second-order valence-electron chi connectivity index (χ2n) is 4.20. The molecule has 0 atom stereocenters. The van der Waals surface area contributed by atoms with Gasteiger partial charge in [-0.2, -0.15) is 10.4 Å². The number of carbonyl (C=O) groups is 1. The molecule has 0 aliphatic rings. The van der Waals surface area contributed by atoms with Crippen molar-refractivity contribution in [1.82, 2.24) is 14.8 Å². The summed E-state index contributed by atoms with van der Waals surface area (Å²) in [6, 6.07) is 5.41. The van der Waals surface area contributed by atoms with Crippen molar-refractivity contribution in [2.24, 2.45) is 0 Å². The number of aromatic carboxylic acids is 1. The fourth-order valence-corrected chi connectivity index (χ4v) is 1.95. The summed E-state index contributed by atoms with van der Waals surface area (Å²) in [5, 5.41) is 22.4. The maximum absolute atomic E-state index is 11.2. The van der Waals surface area contributed by atoms with Crippen LogP contribution < -0.4 is 0 Å². The number of carboxylic acid groups (broad SMARTS) is 1. The lowest BCUT2D eigenvalue weighted by Gasteiger charge is -2.06. The Hall–Kier alpha value is -2.68. The van der Waals surface area contributed by atoms with Crippen molar-refractivity contribution in [1.29, 1.82) is 5.26 Å². The third-order valence-corrected chi connectivity index (χ3v) is 2.84. The Morgan fingerprint density at radius 2 is 2.05 bits per heavy atom. The fraction of sp³-hybridized carbons (Fsp3) is 0.231. The molecule has 2 aromatic rings. The molecule has 1 N–H and O–H groups in total. The van der Waals surface area contributed by atoms with E-state index in [0.717, 1.165) is 5.69 Å². The summed E-state index contributed by atoms with van der Waals surface area (Å²) in [7, 11) is 0. The van der Waals surface area contributed by atoms with Gasteiger partial charge in [-0.15, -0.1) is 0 Å². The molecule has 0 amide bonds. The minimum Gasteiger partial charge on any atom is -0.478 e. The van der Waals surface area contributed by atoms with Crippen LogP contribution in [0.2, 0.25) is 0 Å². The summed E-state index contributed by atoms with van der Waals surface area (Å²) in [4.78, 5) is 15.4. The van der Waals surface area contributed by atoms with Crippen LogP contribution in [0.15, 0.2) is 12.1 Å². The summed E-state index contributed by atoms with van der Waals surface area (Å²) in [5.74, 6) is -0.678. The number of pyridine rings is 1. The summed E-state index contributed by atoms with van der Waals surface area (Å²) >= 11 is 0. The quantitative estimate of drug-likeness (QED) is 0.883. The monoisotopic (exact) mass is 256 g/mol. The molecule has 6 nitrogen and oxygen atoms in total. The standard InChI is InChI=1S/C13H12N4O2/c1-7-4-5-10(6-14)12(15-7)17-9(3)11(13(18)19)8(2)16-17/h4-5H,1-3H3,(H,18,19). The van der Waals surface area contributed by atoms with E-state index in [1.54, 1.807) is 32.9 Å². The molecule has 2 aromatic heterocycles. The number of hydrogen-bond acceptors (Lipinski definition) is 4. The van der Waals surface area contributed by atoms with Gasteiger partial charge >= 0.3 is 5.97 Å².